The summed E-state index contributed by atoms with van der Waals surface area (Å²) < 4.78 is 0. The van der Waals surface area contributed by atoms with Gasteiger partial charge in [0.1, 0.15) is 5.69 Å². The van der Waals surface area contributed by atoms with E-state index < -0.39 is 0 Å². The molecule has 0 aromatic carbocycles. The van der Waals surface area contributed by atoms with Crippen LogP contribution in [0.25, 0.3) is 0 Å². The molecule has 1 aromatic rings. The first-order chi connectivity index (χ1) is 10.2. The van der Waals surface area contributed by atoms with Crippen LogP contribution in [0.2, 0.25) is 0 Å². The summed E-state index contributed by atoms with van der Waals surface area (Å²) in [6.45, 7) is 5.04. The molecule has 1 fully saturated rings. The third-order valence-electron chi connectivity index (χ3n) is 3.54. The molecule has 6 heteroatoms. The fraction of sp³-hybridized carbons (Fsp3) is 0.533. The van der Waals surface area contributed by atoms with E-state index in [1.807, 2.05) is 0 Å². The molecule has 1 saturated heterocycles. The van der Waals surface area contributed by atoms with Gasteiger partial charge in [-0.3, -0.25) is 9.78 Å². The molecule has 0 radical (unpaired) electrons. The highest BCUT2D eigenvalue weighted by Crippen LogP contribution is 2.07. The van der Waals surface area contributed by atoms with Crippen molar-refractivity contribution in [1.82, 2.24) is 20.1 Å². The molecule has 114 valence electrons. The Labute approximate surface area is 125 Å². The van der Waals surface area contributed by atoms with Crippen molar-refractivity contribution in [3.05, 3.63) is 30.1 Å². The van der Waals surface area contributed by atoms with E-state index >= 15 is 0 Å². The van der Waals surface area contributed by atoms with Crippen LogP contribution in [0.15, 0.2) is 24.4 Å². The first-order valence-corrected chi connectivity index (χ1v) is 7.45. The largest absolute Gasteiger partial charge is 0.338 e. The van der Waals surface area contributed by atoms with Gasteiger partial charge in [0.25, 0.3) is 5.91 Å². The molecule has 0 bridgehead atoms. The number of nitrogens with zero attached hydrogens (tertiary/aromatic N) is 3. The van der Waals surface area contributed by atoms with Gasteiger partial charge < -0.3 is 15.1 Å². The maximum Gasteiger partial charge on any atom is 0.317 e. The lowest BCUT2D eigenvalue weighted by atomic mass is 10.2. The topological polar surface area (TPSA) is 65.5 Å². The molecule has 3 amide bonds. The molecule has 1 aliphatic heterocycles. The van der Waals surface area contributed by atoms with E-state index in [0.29, 0.717) is 38.4 Å². The predicted octanol–water partition coefficient (Wildman–Crippen LogP) is 1.35. The van der Waals surface area contributed by atoms with E-state index in [-0.39, 0.29) is 11.9 Å². The molecule has 21 heavy (non-hydrogen) atoms. The Bertz CT molecular complexity index is 470. The Kier molecular flexibility index (Phi) is 5.54. The molecule has 0 aliphatic carbocycles. The number of carbonyl (C=O) groups excluding carboxylic acids is 2. The third-order valence-corrected chi connectivity index (χ3v) is 3.54. The second kappa shape index (κ2) is 7.61. The molecule has 2 heterocycles. The van der Waals surface area contributed by atoms with Gasteiger partial charge in [-0.05, 0) is 18.6 Å². The maximum atomic E-state index is 12.2. The second-order valence-electron chi connectivity index (χ2n) is 5.08. The summed E-state index contributed by atoms with van der Waals surface area (Å²) in [6.07, 6.45) is 3.67. The van der Waals surface area contributed by atoms with Crippen molar-refractivity contribution in [2.45, 2.75) is 19.8 Å². The Morgan fingerprint density at radius 3 is 2.52 bits per heavy atom. The minimum Gasteiger partial charge on any atom is -0.338 e. The van der Waals surface area contributed by atoms with Gasteiger partial charge in [-0.1, -0.05) is 19.4 Å². The second-order valence-corrected chi connectivity index (χ2v) is 5.08. The number of piperazine rings is 1. The zero-order chi connectivity index (χ0) is 15.1. The van der Waals surface area contributed by atoms with E-state index in [1.54, 1.807) is 34.2 Å². The van der Waals surface area contributed by atoms with Crippen molar-refractivity contribution in [2.24, 2.45) is 0 Å². The Hall–Kier alpha value is -2.11. The van der Waals surface area contributed by atoms with Gasteiger partial charge >= 0.3 is 6.03 Å². The Balaban J connectivity index is 1.80. The third kappa shape index (κ3) is 4.18. The van der Waals surface area contributed by atoms with E-state index in [9.17, 15) is 9.59 Å². The quantitative estimate of drug-likeness (QED) is 0.851. The van der Waals surface area contributed by atoms with Crippen LogP contribution in [0.5, 0.6) is 0 Å². The van der Waals surface area contributed by atoms with E-state index in [1.165, 1.54) is 0 Å². The summed E-state index contributed by atoms with van der Waals surface area (Å²) in [5, 5.41) is 2.90. The minimum absolute atomic E-state index is 0.0339. The van der Waals surface area contributed by atoms with E-state index in [2.05, 4.69) is 17.2 Å². The Morgan fingerprint density at radius 1 is 1.19 bits per heavy atom. The van der Waals surface area contributed by atoms with Crippen LogP contribution in [-0.4, -0.2) is 59.4 Å². The summed E-state index contributed by atoms with van der Waals surface area (Å²) in [5.41, 5.74) is 0.457. The van der Waals surface area contributed by atoms with E-state index in [0.717, 1.165) is 12.8 Å². The summed E-state index contributed by atoms with van der Waals surface area (Å²) in [6, 6.07) is 5.27. The molecule has 1 N–H and O–H groups in total. The number of urea groups is 1. The average molecular weight is 290 g/mol. The monoisotopic (exact) mass is 290 g/mol. The average Bonchev–Trinajstić information content (AvgIpc) is 2.55. The predicted molar refractivity (Wildman–Crippen MR) is 80.0 cm³/mol. The number of rotatable bonds is 4. The highest BCUT2D eigenvalue weighted by atomic mass is 16.2. The van der Waals surface area contributed by atoms with Gasteiger partial charge in [0.2, 0.25) is 0 Å². The zero-order valence-electron chi connectivity index (χ0n) is 12.4. The van der Waals surface area contributed by atoms with Crippen LogP contribution < -0.4 is 5.32 Å². The zero-order valence-corrected chi connectivity index (χ0v) is 12.4. The first kappa shape index (κ1) is 15.3. The molecule has 0 spiro atoms. The normalized spacial score (nSPS) is 14.9. The number of hydrogen-bond donors (Lipinski definition) is 1. The molecule has 1 aliphatic rings. The van der Waals surface area contributed by atoms with Gasteiger partial charge in [-0.2, -0.15) is 0 Å². The van der Waals surface area contributed by atoms with Crippen molar-refractivity contribution in [2.75, 3.05) is 32.7 Å². The fourth-order valence-electron chi connectivity index (χ4n) is 2.25. The van der Waals surface area contributed by atoms with Crippen LogP contribution >= 0.6 is 0 Å². The van der Waals surface area contributed by atoms with Crippen molar-refractivity contribution in [3.63, 3.8) is 0 Å². The van der Waals surface area contributed by atoms with Crippen LogP contribution in [0.4, 0.5) is 4.79 Å². The van der Waals surface area contributed by atoms with Gasteiger partial charge in [-0.25, -0.2) is 4.79 Å². The van der Waals surface area contributed by atoms with E-state index in [4.69, 9.17) is 0 Å². The van der Waals surface area contributed by atoms with Crippen LogP contribution in [0, 0.1) is 0 Å². The van der Waals surface area contributed by atoms with Crippen molar-refractivity contribution >= 4 is 11.9 Å². The molecule has 2 rings (SSSR count). The summed E-state index contributed by atoms with van der Waals surface area (Å²) in [5.74, 6) is -0.0679. The smallest absolute Gasteiger partial charge is 0.317 e. The number of amides is 3. The number of aromatic nitrogens is 1. The number of nitrogens with one attached hydrogen (secondary N) is 1. The summed E-state index contributed by atoms with van der Waals surface area (Å²) >= 11 is 0. The minimum atomic E-state index is -0.0679. The molecule has 0 saturated carbocycles. The Morgan fingerprint density at radius 2 is 1.90 bits per heavy atom. The molecular weight excluding hydrogens is 268 g/mol. The van der Waals surface area contributed by atoms with Crippen LogP contribution in [0.1, 0.15) is 30.3 Å². The van der Waals surface area contributed by atoms with Crippen molar-refractivity contribution in [1.29, 1.82) is 0 Å². The lowest BCUT2D eigenvalue weighted by molar-refractivity contribution is 0.0659. The highest BCUT2D eigenvalue weighted by molar-refractivity contribution is 5.92. The molecular formula is C15H22N4O2. The van der Waals surface area contributed by atoms with Crippen molar-refractivity contribution in [3.8, 4) is 0 Å². The number of unbranched alkanes of at least 4 members (excludes halogenated alkanes) is 1. The van der Waals surface area contributed by atoms with Crippen LogP contribution in [0.3, 0.4) is 0 Å². The van der Waals surface area contributed by atoms with Gasteiger partial charge in [0.05, 0.1) is 0 Å². The van der Waals surface area contributed by atoms with Crippen LogP contribution in [-0.2, 0) is 0 Å². The van der Waals surface area contributed by atoms with Gasteiger partial charge in [0.15, 0.2) is 0 Å². The number of carbonyl (C=O) groups is 2. The standard InChI is InChI=1S/C15H22N4O2/c1-2-3-7-17-15(21)19-11-9-18(10-12-19)14(20)13-6-4-5-8-16-13/h4-6,8H,2-3,7,9-12H2,1H3,(H,17,21). The highest BCUT2D eigenvalue weighted by Gasteiger charge is 2.24. The molecule has 6 nitrogen and oxygen atoms in total. The summed E-state index contributed by atoms with van der Waals surface area (Å²) in [4.78, 5) is 31.7. The maximum absolute atomic E-state index is 12.2. The molecule has 0 atom stereocenters. The molecule has 0 unspecified atom stereocenters. The van der Waals surface area contributed by atoms with Crippen molar-refractivity contribution < 1.29 is 9.59 Å². The lowest BCUT2D eigenvalue weighted by Gasteiger charge is -2.34. The SMILES string of the molecule is CCCCNC(=O)N1CCN(C(=O)c2ccccn2)CC1. The fourth-order valence-corrected chi connectivity index (χ4v) is 2.25. The first-order valence-electron chi connectivity index (χ1n) is 7.45. The number of hydrogen-bond acceptors (Lipinski definition) is 3. The molecule has 1 aromatic heterocycles. The number of pyridine rings is 1. The summed E-state index contributed by atoms with van der Waals surface area (Å²) in [7, 11) is 0. The van der Waals surface area contributed by atoms with Gasteiger partial charge in [0, 0.05) is 38.9 Å². The van der Waals surface area contributed by atoms with Gasteiger partial charge in [-0.15, -0.1) is 0 Å². The lowest BCUT2D eigenvalue weighted by Crippen LogP contribution is -2.53.